The van der Waals surface area contributed by atoms with Gasteiger partial charge in [-0.2, -0.15) is 0 Å². The monoisotopic (exact) mass is 908 g/mol. The van der Waals surface area contributed by atoms with Crippen molar-refractivity contribution < 1.29 is 184 Å². The van der Waals surface area contributed by atoms with Gasteiger partial charge in [-0.3, -0.25) is 77.1 Å². The zero-order valence-corrected chi connectivity index (χ0v) is 32.7. The van der Waals surface area contributed by atoms with Crippen LogP contribution in [-0.4, -0.2) is 231 Å². The molecule has 0 aliphatic carbocycles. The van der Waals surface area contributed by atoms with Crippen molar-refractivity contribution in [2.75, 3.05) is 78.5 Å². The maximum Gasteiger partial charge on any atom is 0.317 e. The minimum atomic E-state index is -1.26. The molecule has 308 valence electrons. The Labute approximate surface area is 352 Å². The smallest absolute Gasteiger partial charge is 0.317 e. The van der Waals surface area contributed by atoms with Crippen LogP contribution < -0.4 is 0 Å². The molecule has 0 radical (unpaired) electrons. The quantitative estimate of drug-likeness (QED) is 0.0401. The molecule has 55 heavy (non-hydrogen) atoms. The fourth-order valence-electron chi connectivity index (χ4n) is 2.97. The van der Waals surface area contributed by atoms with E-state index in [-0.39, 0.29) is 65.2 Å². The van der Waals surface area contributed by atoms with Gasteiger partial charge in [-0.05, 0) is 0 Å². The normalized spacial score (nSPS) is 9.38. The third kappa shape index (κ3) is 59.1. The van der Waals surface area contributed by atoms with E-state index < -0.39 is 150 Å². The van der Waals surface area contributed by atoms with Crippen LogP contribution in [0.3, 0.4) is 0 Å². The molecule has 0 heterocycles. The van der Waals surface area contributed by atoms with Gasteiger partial charge in [0.1, 0.15) is 0 Å². The predicted octanol–water partition coefficient (Wildman–Crippen LogP) is -5.84. The molecule has 0 saturated heterocycles. The second-order valence-corrected chi connectivity index (χ2v) is 9.31. The van der Waals surface area contributed by atoms with Crippen molar-refractivity contribution in [1.82, 2.24) is 19.6 Å². The number of nitrogens with zero attached hydrogens (tertiary/aromatic N) is 4. The molecule has 0 aromatic rings. The third-order valence-corrected chi connectivity index (χ3v) is 4.31. The summed E-state index contributed by atoms with van der Waals surface area (Å²) in [6, 6.07) is 0. The Balaban J connectivity index is -0.000000110. The van der Waals surface area contributed by atoms with E-state index in [0.29, 0.717) is 0 Å². The molecular formula is C24H36N4O24Ti3. The van der Waals surface area contributed by atoms with Crippen LogP contribution >= 0.6 is 0 Å². The maximum atomic E-state index is 10.1. The molecular weight excluding hydrogens is 872 g/mol. The Kier molecular flexibility index (Phi) is 45.2. The second-order valence-electron chi connectivity index (χ2n) is 9.31. The summed E-state index contributed by atoms with van der Waals surface area (Å²) in [7, 11) is 0. The Hall–Kier alpha value is -4.38. The summed E-state index contributed by atoms with van der Waals surface area (Å²) in [6.45, 7) is -7.18. The van der Waals surface area contributed by atoms with Crippen molar-refractivity contribution in [3.05, 3.63) is 0 Å². The zero-order chi connectivity index (χ0) is 41.7. The summed E-state index contributed by atoms with van der Waals surface area (Å²) >= 11 is 0. The van der Waals surface area contributed by atoms with Crippen LogP contribution in [0.5, 0.6) is 0 Å². The van der Waals surface area contributed by atoms with Gasteiger partial charge in [0.2, 0.25) is 0 Å². The van der Waals surface area contributed by atoms with Gasteiger partial charge in [0.15, 0.2) is 0 Å². The molecule has 0 spiro atoms. The molecule has 0 unspecified atom stereocenters. The second kappa shape index (κ2) is 37.9. The molecule has 0 aliphatic rings. The molecule has 0 aromatic heterocycles. The van der Waals surface area contributed by atoms with Crippen molar-refractivity contribution in [1.29, 1.82) is 0 Å². The minimum absolute atomic E-state index is 0. The zero-order valence-electron chi connectivity index (χ0n) is 28.0. The molecule has 0 aromatic carbocycles. The van der Waals surface area contributed by atoms with Gasteiger partial charge >= 0.3 is 71.6 Å². The minimum Gasteiger partial charge on any atom is -0.480 e. The Morgan fingerprint density at radius 1 is 0.200 bits per heavy atom. The third-order valence-electron chi connectivity index (χ3n) is 4.31. The summed E-state index contributed by atoms with van der Waals surface area (Å²) in [6.07, 6.45) is 0. The molecule has 0 aliphatic heterocycles. The molecule has 0 bridgehead atoms. The van der Waals surface area contributed by atoms with Gasteiger partial charge in [-0.15, -0.1) is 0 Å². The van der Waals surface area contributed by atoms with Crippen molar-refractivity contribution in [3.8, 4) is 0 Å². The topological polar surface area (TPSA) is 461 Å². The fraction of sp³-hybridized carbons (Fsp3) is 0.500. The molecule has 0 rings (SSSR count). The van der Waals surface area contributed by atoms with E-state index in [2.05, 4.69) is 0 Å². The van der Waals surface area contributed by atoms with E-state index in [4.69, 9.17) is 61.3 Å². The summed E-state index contributed by atoms with van der Waals surface area (Å²) in [5, 5.41) is 99.4. The van der Waals surface area contributed by atoms with Crippen LogP contribution in [0, 0.1) is 0 Å². The average Bonchev–Trinajstić information content (AvgIpc) is 2.85. The molecule has 0 saturated carbocycles. The summed E-state index contributed by atoms with van der Waals surface area (Å²) < 4.78 is 0. The molecule has 28 nitrogen and oxygen atoms in total. The molecule has 12 N–H and O–H groups in total. The van der Waals surface area contributed by atoms with Crippen LogP contribution in [0.4, 0.5) is 0 Å². The van der Waals surface area contributed by atoms with Gasteiger partial charge in [0.05, 0.1) is 78.5 Å². The van der Waals surface area contributed by atoms with E-state index in [1.54, 1.807) is 0 Å². The van der Waals surface area contributed by atoms with Crippen LogP contribution in [0.2, 0.25) is 0 Å². The van der Waals surface area contributed by atoms with Gasteiger partial charge in [0, 0.05) is 65.2 Å². The van der Waals surface area contributed by atoms with Gasteiger partial charge < -0.3 is 61.3 Å². The number of carboxylic acid groups (broad SMARTS) is 12. The van der Waals surface area contributed by atoms with E-state index in [0.717, 1.165) is 19.6 Å². The fourth-order valence-corrected chi connectivity index (χ4v) is 2.97. The SMILES string of the molecule is O=C(O)CN(CC(=O)O)CC(=O)O.O=C(O)CN(CC(=O)O)CC(=O)O.O=C(O)CN(CC(=O)O)CC(=O)O.O=C(O)CN(CC(=O)O)CC(=O)O.[Ti].[Ti].[Ti]. The van der Waals surface area contributed by atoms with E-state index in [1.807, 2.05) is 0 Å². The first-order chi connectivity index (χ1) is 23.7. The van der Waals surface area contributed by atoms with Crippen molar-refractivity contribution in [2.24, 2.45) is 0 Å². The average molecular weight is 908 g/mol. The van der Waals surface area contributed by atoms with Crippen molar-refractivity contribution in [3.63, 3.8) is 0 Å². The van der Waals surface area contributed by atoms with Crippen molar-refractivity contribution in [2.45, 2.75) is 0 Å². The Morgan fingerprint density at radius 2 is 0.255 bits per heavy atom. The van der Waals surface area contributed by atoms with E-state index in [9.17, 15) is 57.5 Å². The van der Waals surface area contributed by atoms with Crippen LogP contribution in [-0.2, 0) is 123 Å². The van der Waals surface area contributed by atoms with E-state index in [1.165, 1.54) is 0 Å². The maximum absolute atomic E-state index is 10.1. The van der Waals surface area contributed by atoms with Gasteiger partial charge in [-0.1, -0.05) is 0 Å². The number of carboxylic acids is 12. The molecule has 0 amide bonds. The number of aliphatic carboxylic acids is 12. The predicted molar refractivity (Wildman–Crippen MR) is 157 cm³/mol. The largest absolute Gasteiger partial charge is 0.480 e. The molecule has 0 fully saturated rings. The van der Waals surface area contributed by atoms with Crippen LogP contribution in [0.1, 0.15) is 0 Å². The number of carbonyl (C=O) groups is 12. The standard InChI is InChI=1S/4C6H9NO6.3Ti/c4*8-4(9)1-7(2-5(10)11)3-6(12)13;;;/h4*1-3H2,(H,8,9)(H,10,11)(H,12,13);;;. The summed E-state index contributed by atoms with van der Waals surface area (Å²) in [4.78, 5) is 125. The van der Waals surface area contributed by atoms with Crippen LogP contribution in [0.15, 0.2) is 0 Å². The van der Waals surface area contributed by atoms with Gasteiger partial charge in [-0.25, -0.2) is 0 Å². The Bertz CT molecular complexity index is 957. The van der Waals surface area contributed by atoms with Gasteiger partial charge in [0.25, 0.3) is 0 Å². The molecule has 0 atom stereocenters. The van der Waals surface area contributed by atoms with E-state index >= 15 is 0 Å². The number of rotatable bonds is 24. The van der Waals surface area contributed by atoms with Crippen molar-refractivity contribution >= 4 is 71.6 Å². The first kappa shape index (κ1) is 65.5. The number of hydrogen-bond acceptors (Lipinski definition) is 16. The first-order valence-electron chi connectivity index (χ1n) is 13.2. The summed E-state index contributed by atoms with van der Waals surface area (Å²) in [5.74, 6) is -15.1. The Morgan fingerprint density at radius 3 is 0.291 bits per heavy atom. The summed E-state index contributed by atoms with van der Waals surface area (Å²) in [5.41, 5.74) is 0. The number of hydrogen-bond donors (Lipinski definition) is 12. The first-order valence-corrected chi connectivity index (χ1v) is 13.2. The molecule has 31 heteroatoms. The van der Waals surface area contributed by atoms with Crippen LogP contribution in [0.25, 0.3) is 0 Å².